The zero-order valence-corrected chi connectivity index (χ0v) is 28.1. The molecule has 0 radical (unpaired) electrons. The summed E-state index contributed by atoms with van der Waals surface area (Å²) in [4.78, 5) is 34.6. The molecule has 0 saturated carbocycles. The van der Waals surface area contributed by atoms with E-state index in [2.05, 4.69) is 33.6 Å². The highest BCUT2D eigenvalue weighted by Crippen LogP contribution is 2.36. The largest absolute Gasteiger partial charge is 0.508 e. The minimum absolute atomic E-state index is 0.0127. The van der Waals surface area contributed by atoms with Crippen molar-refractivity contribution in [2.24, 2.45) is 7.05 Å². The van der Waals surface area contributed by atoms with Gasteiger partial charge < -0.3 is 19.5 Å². The van der Waals surface area contributed by atoms with Crippen LogP contribution in [0.4, 0.5) is 11.4 Å². The number of carbonyl (C=O) groups is 2. The van der Waals surface area contributed by atoms with E-state index >= 15 is 0 Å². The number of phenolic OH excluding ortho intramolecular Hbond substituents is 1. The highest BCUT2D eigenvalue weighted by Gasteiger charge is 2.31. The highest BCUT2D eigenvalue weighted by molar-refractivity contribution is 6.31. The van der Waals surface area contributed by atoms with Crippen molar-refractivity contribution in [3.8, 4) is 17.0 Å². The van der Waals surface area contributed by atoms with Gasteiger partial charge in [0.15, 0.2) is 0 Å². The van der Waals surface area contributed by atoms with Crippen LogP contribution in [-0.2, 0) is 26.6 Å². The molecule has 0 fully saturated rings. The number of likely N-dealkylation sites (N-methyl/N-ethyl adjacent to an activating group) is 1. The van der Waals surface area contributed by atoms with Crippen LogP contribution in [0.25, 0.3) is 11.3 Å². The van der Waals surface area contributed by atoms with E-state index in [0.717, 1.165) is 23.4 Å². The average molecular weight is 651 g/mol. The van der Waals surface area contributed by atoms with Crippen molar-refractivity contribution in [1.29, 1.82) is 0 Å². The summed E-state index contributed by atoms with van der Waals surface area (Å²) in [6.07, 6.45) is 4.19. The molecule has 6 rings (SSSR count). The number of aryl methyl sites for hydroxylation is 1. The van der Waals surface area contributed by atoms with Gasteiger partial charge >= 0.3 is 0 Å². The second-order valence-electron chi connectivity index (χ2n) is 12.5. The molecule has 0 saturated heterocycles. The molecule has 9 nitrogen and oxygen atoms in total. The number of amides is 2. The smallest absolute Gasteiger partial charge is 0.264 e. The molecule has 3 heterocycles. The fraction of sp³-hybridized carbons (Fsp3) is 0.270. The first-order valence-corrected chi connectivity index (χ1v) is 16.0. The lowest BCUT2D eigenvalue weighted by Gasteiger charge is -2.35. The number of hydrogen-bond acceptors (Lipinski definition) is 5. The molecule has 47 heavy (non-hydrogen) atoms. The third kappa shape index (κ3) is 6.41. The molecule has 0 unspecified atom stereocenters. The van der Waals surface area contributed by atoms with E-state index in [9.17, 15) is 14.7 Å². The van der Waals surface area contributed by atoms with Gasteiger partial charge in [0.2, 0.25) is 0 Å². The molecule has 5 aromatic rings. The summed E-state index contributed by atoms with van der Waals surface area (Å²) < 4.78 is 3.74. The zero-order valence-electron chi connectivity index (χ0n) is 27.3. The number of anilines is 2. The molecular formula is C37H39ClN6O3. The van der Waals surface area contributed by atoms with Crippen molar-refractivity contribution in [2.45, 2.75) is 39.4 Å². The van der Waals surface area contributed by atoms with E-state index in [1.165, 1.54) is 5.56 Å². The fourth-order valence-corrected chi connectivity index (χ4v) is 6.49. The van der Waals surface area contributed by atoms with E-state index in [1.807, 2.05) is 50.2 Å². The first-order valence-electron chi connectivity index (χ1n) is 15.7. The molecule has 0 spiro atoms. The Kier molecular flexibility index (Phi) is 8.94. The summed E-state index contributed by atoms with van der Waals surface area (Å²) in [6, 6.07) is 22.0. The molecule has 242 valence electrons. The minimum Gasteiger partial charge on any atom is -0.508 e. The number of nitrogens with zero attached hydrogens (tertiary/aromatic N) is 6. The lowest BCUT2D eigenvalue weighted by atomic mass is 9.93. The summed E-state index contributed by atoms with van der Waals surface area (Å²) >= 11 is 6.62. The molecule has 10 heteroatoms. The Morgan fingerprint density at radius 3 is 2.38 bits per heavy atom. The van der Waals surface area contributed by atoms with E-state index in [-0.39, 0.29) is 23.6 Å². The van der Waals surface area contributed by atoms with Gasteiger partial charge in [-0.1, -0.05) is 35.9 Å². The molecule has 2 amide bonds. The van der Waals surface area contributed by atoms with Crippen LogP contribution in [0.5, 0.6) is 5.75 Å². The van der Waals surface area contributed by atoms with Gasteiger partial charge in [0.05, 0.1) is 17.4 Å². The Labute approximate surface area is 280 Å². The van der Waals surface area contributed by atoms with Gasteiger partial charge in [-0.25, -0.2) is 0 Å². The lowest BCUT2D eigenvalue weighted by Crippen LogP contribution is -2.42. The zero-order chi connectivity index (χ0) is 33.4. The second-order valence-corrected chi connectivity index (χ2v) is 12.9. The number of halogens is 1. The number of benzene rings is 3. The van der Waals surface area contributed by atoms with Crippen LogP contribution in [0.3, 0.4) is 0 Å². The average Bonchev–Trinajstić information content (AvgIpc) is 3.62. The number of rotatable bonds is 8. The van der Waals surface area contributed by atoms with Gasteiger partial charge in [-0.3, -0.25) is 19.2 Å². The number of phenols is 1. The highest BCUT2D eigenvalue weighted by atomic mass is 35.5. The Hall–Kier alpha value is -4.86. The van der Waals surface area contributed by atoms with Gasteiger partial charge in [0.25, 0.3) is 11.8 Å². The third-order valence-electron chi connectivity index (χ3n) is 8.88. The molecule has 2 aromatic heterocycles. The van der Waals surface area contributed by atoms with Crippen LogP contribution in [0.2, 0.25) is 5.02 Å². The maximum Gasteiger partial charge on any atom is 0.264 e. The lowest BCUT2D eigenvalue weighted by molar-refractivity contribution is 0.0659. The summed E-state index contributed by atoms with van der Waals surface area (Å²) in [5.41, 5.74) is 6.77. The van der Waals surface area contributed by atoms with Gasteiger partial charge in [0, 0.05) is 72.1 Å². The standard InChI is InChI=1S/C37H39ClN6O3/c1-24-18-26-8-6-7-9-27(26)22-43(24)36(46)32-15-10-28(38)19-34(32)35-20-33(25(2)42(35)17-16-40(3)4)37(47)44(30-21-39-41(5)23-30)29-11-13-31(45)14-12-29/h6-15,19-21,23-24,45H,16-18,22H2,1-5H3/t24-/m1/s1. The topological polar surface area (TPSA) is 86.8 Å². The number of hydrogen-bond donors (Lipinski definition) is 1. The van der Waals surface area contributed by atoms with Crippen LogP contribution in [0.15, 0.2) is 85.2 Å². The predicted molar refractivity (Wildman–Crippen MR) is 185 cm³/mol. The molecule has 1 aliphatic rings. The SMILES string of the molecule is Cc1c(C(=O)N(c2ccc(O)cc2)c2cnn(C)c2)cc(-c2cc(Cl)ccc2C(=O)N2Cc3ccccc3C[C@H]2C)n1CCN(C)C. The van der Waals surface area contributed by atoms with Gasteiger partial charge in [0.1, 0.15) is 5.75 Å². The van der Waals surface area contributed by atoms with Crippen LogP contribution < -0.4 is 4.90 Å². The van der Waals surface area contributed by atoms with E-state index in [1.54, 1.807) is 65.4 Å². The fourth-order valence-electron chi connectivity index (χ4n) is 6.32. The summed E-state index contributed by atoms with van der Waals surface area (Å²) in [5, 5.41) is 14.8. The second kappa shape index (κ2) is 13.1. The molecular weight excluding hydrogens is 612 g/mol. The maximum absolute atomic E-state index is 14.6. The molecule has 1 atom stereocenters. The number of aromatic nitrogens is 3. The Balaban J connectivity index is 1.47. The minimum atomic E-state index is -0.262. The van der Waals surface area contributed by atoms with Gasteiger partial charge in [-0.15, -0.1) is 0 Å². The molecule has 1 N–H and O–H groups in total. The Morgan fingerprint density at radius 2 is 1.70 bits per heavy atom. The summed E-state index contributed by atoms with van der Waals surface area (Å²) in [7, 11) is 5.80. The molecule has 1 aliphatic heterocycles. The summed E-state index contributed by atoms with van der Waals surface area (Å²) in [5.74, 6) is -0.238. The number of fused-ring (bicyclic) bond motifs is 1. The van der Waals surface area contributed by atoms with Gasteiger partial charge in [-0.2, -0.15) is 5.10 Å². The van der Waals surface area contributed by atoms with Gasteiger partial charge in [-0.05, 0) is 94.0 Å². The van der Waals surface area contributed by atoms with Crippen LogP contribution >= 0.6 is 11.6 Å². The van der Waals surface area contributed by atoms with Crippen molar-refractivity contribution in [1.82, 2.24) is 24.1 Å². The Morgan fingerprint density at radius 1 is 0.979 bits per heavy atom. The van der Waals surface area contributed by atoms with Crippen molar-refractivity contribution in [3.63, 3.8) is 0 Å². The normalized spacial score (nSPS) is 14.4. The monoisotopic (exact) mass is 650 g/mol. The van der Waals surface area contributed by atoms with Crippen molar-refractivity contribution >= 4 is 34.8 Å². The quantitative estimate of drug-likeness (QED) is 0.202. The summed E-state index contributed by atoms with van der Waals surface area (Å²) in [6.45, 7) is 5.83. The third-order valence-corrected chi connectivity index (χ3v) is 9.12. The van der Waals surface area contributed by atoms with Crippen LogP contribution in [0.1, 0.15) is 44.5 Å². The molecule has 0 bridgehead atoms. The molecule has 3 aromatic carbocycles. The van der Waals surface area contributed by atoms with Crippen LogP contribution in [0, 0.1) is 6.92 Å². The predicted octanol–water partition coefficient (Wildman–Crippen LogP) is 6.68. The number of aromatic hydroxyl groups is 1. The Bertz CT molecular complexity index is 1940. The van der Waals surface area contributed by atoms with E-state index in [0.29, 0.717) is 52.7 Å². The van der Waals surface area contributed by atoms with E-state index < -0.39 is 0 Å². The first-order chi connectivity index (χ1) is 22.5. The van der Waals surface area contributed by atoms with Crippen LogP contribution in [-0.4, -0.2) is 67.8 Å². The van der Waals surface area contributed by atoms with Crippen molar-refractivity contribution in [2.75, 3.05) is 25.5 Å². The number of carbonyl (C=O) groups excluding carboxylic acids is 2. The van der Waals surface area contributed by atoms with Crippen molar-refractivity contribution in [3.05, 3.63) is 118 Å². The van der Waals surface area contributed by atoms with Crippen molar-refractivity contribution < 1.29 is 14.7 Å². The maximum atomic E-state index is 14.6. The molecule has 0 aliphatic carbocycles. The van der Waals surface area contributed by atoms with E-state index in [4.69, 9.17) is 11.6 Å². The first kappa shape index (κ1) is 32.1.